The first-order valence-electron chi connectivity index (χ1n) is 4.93. The third-order valence-electron chi connectivity index (χ3n) is 2.37. The number of hydrogen-bond acceptors (Lipinski definition) is 3. The minimum absolute atomic E-state index is 0.238. The average Bonchev–Trinajstić information content (AvgIpc) is 2.26. The van der Waals surface area contributed by atoms with Crippen LogP contribution in [0.3, 0.4) is 0 Å². The highest BCUT2D eigenvalue weighted by Crippen LogP contribution is 2.29. The van der Waals surface area contributed by atoms with Crippen LogP contribution in [0.1, 0.15) is 18.0 Å². The van der Waals surface area contributed by atoms with Gasteiger partial charge in [-0.25, -0.2) is 0 Å². The van der Waals surface area contributed by atoms with Crippen molar-refractivity contribution in [2.24, 2.45) is 5.73 Å². The molecule has 0 saturated carbocycles. The fourth-order valence-corrected chi connectivity index (χ4v) is 1.98. The summed E-state index contributed by atoms with van der Waals surface area (Å²) in [4.78, 5) is 0. The van der Waals surface area contributed by atoms with E-state index in [2.05, 4.69) is 27.3 Å². The van der Waals surface area contributed by atoms with Gasteiger partial charge in [0.1, 0.15) is 5.75 Å². The van der Waals surface area contributed by atoms with E-state index >= 15 is 0 Å². The normalized spacial score (nSPS) is 12.5. The molecule has 3 nitrogen and oxygen atoms in total. The first-order valence-corrected chi connectivity index (χ1v) is 5.73. The molecular weight excluding hydrogens is 256 g/mol. The maximum absolute atomic E-state index is 5.58. The van der Waals surface area contributed by atoms with Crippen LogP contribution in [-0.4, -0.2) is 20.7 Å². The predicted octanol–water partition coefficient (Wildman–Crippen LogP) is 2.07. The first kappa shape index (κ1) is 12.5. The van der Waals surface area contributed by atoms with Crippen LogP contribution in [-0.2, 0) is 0 Å². The molecule has 0 spiro atoms. The van der Waals surface area contributed by atoms with Crippen molar-refractivity contribution in [1.29, 1.82) is 0 Å². The lowest BCUT2D eigenvalue weighted by Crippen LogP contribution is -2.20. The molecule has 0 radical (unpaired) electrons. The zero-order valence-corrected chi connectivity index (χ0v) is 10.7. The average molecular weight is 273 g/mol. The zero-order valence-electron chi connectivity index (χ0n) is 9.09. The molecule has 1 unspecified atom stereocenters. The molecule has 84 valence electrons. The molecule has 0 saturated heterocycles. The van der Waals surface area contributed by atoms with Gasteiger partial charge in [-0.05, 0) is 38.2 Å². The Bertz CT molecular complexity index is 317. The third-order valence-corrected chi connectivity index (χ3v) is 2.86. The molecule has 0 bridgehead atoms. The molecule has 0 heterocycles. The lowest BCUT2D eigenvalue weighted by Gasteiger charge is -2.18. The van der Waals surface area contributed by atoms with Crippen molar-refractivity contribution in [3.63, 3.8) is 0 Å². The summed E-state index contributed by atoms with van der Waals surface area (Å²) in [6.45, 7) is 0.654. The monoisotopic (exact) mass is 272 g/mol. The third kappa shape index (κ3) is 3.19. The number of nitrogens with two attached hydrogens (primary N) is 1. The van der Waals surface area contributed by atoms with Crippen molar-refractivity contribution in [1.82, 2.24) is 5.32 Å². The van der Waals surface area contributed by atoms with Crippen LogP contribution in [0.4, 0.5) is 0 Å². The van der Waals surface area contributed by atoms with Crippen LogP contribution in [0.5, 0.6) is 5.75 Å². The van der Waals surface area contributed by atoms with Gasteiger partial charge < -0.3 is 15.8 Å². The van der Waals surface area contributed by atoms with E-state index in [1.165, 1.54) is 0 Å². The Labute approximate surface area is 99.1 Å². The summed E-state index contributed by atoms with van der Waals surface area (Å²) in [5.41, 5.74) is 6.72. The number of nitrogens with one attached hydrogen (secondary N) is 1. The Kier molecular flexibility index (Phi) is 5.08. The van der Waals surface area contributed by atoms with E-state index in [4.69, 9.17) is 10.5 Å². The summed E-state index contributed by atoms with van der Waals surface area (Å²) in [6.07, 6.45) is 0.892. The fourth-order valence-electron chi connectivity index (χ4n) is 1.60. The van der Waals surface area contributed by atoms with Gasteiger partial charge in [0.15, 0.2) is 0 Å². The van der Waals surface area contributed by atoms with Gasteiger partial charge in [0.05, 0.1) is 7.11 Å². The van der Waals surface area contributed by atoms with E-state index in [0.717, 1.165) is 22.2 Å². The number of benzene rings is 1. The van der Waals surface area contributed by atoms with Crippen LogP contribution in [0.25, 0.3) is 0 Å². The summed E-state index contributed by atoms with van der Waals surface area (Å²) in [7, 11) is 3.61. The molecule has 3 N–H and O–H groups in total. The second-order valence-corrected chi connectivity index (χ2v) is 4.22. The molecule has 15 heavy (non-hydrogen) atoms. The van der Waals surface area contributed by atoms with E-state index in [0.29, 0.717) is 6.54 Å². The largest absolute Gasteiger partial charge is 0.496 e. The number of methoxy groups -OCH3 is 1. The van der Waals surface area contributed by atoms with Crippen LogP contribution < -0.4 is 15.8 Å². The van der Waals surface area contributed by atoms with E-state index in [1.807, 2.05) is 19.2 Å². The number of ether oxygens (including phenoxy) is 1. The van der Waals surface area contributed by atoms with Gasteiger partial charge in [-0.1, -0.05) is 15.9 Å². The predicted molar refractivity (Wildman–Crippen MR) is 66.2 cm³/mol. The number of rotatable bonds is 5. The minimum Gasteiger partial charge on any atom is -0.496 e. The highest BCUT2D eigenvalue weighted by Gasteiger charge is 2.13. The zero-order chi connectivity index (χ0) is 11.3. The topological polar surface area (TPSA) is 47.3 Å². The quantitative estimate of drug-likeness (QED) is 0.863. The Balaban J connectivity index is 3.02. The molecule has 4 heteroatoms. The number of halogens is 1. The standard InChI is InChI=1S/C11H17BrN2O/c1-14-10(5-6-13)9-7-8(12)3-4-11(9)15-2/h3-4,7,10,14H,5-6,13H2,1-2H3. The van der Waals surface area contributed by atoms with Gasteiger partial charge in [-0.15, -0.1) is 0 Å². The van der Waals surface area contributed by atoms with Crippen LogP contribution in [0.15, 0.2) is 22.7 Å². The van der Waals surface area contributed by atoms with Crippen molar-refractivity contribution in [2.45, 2.75) is 12.5 Å². The van der Waals surface area contributed by atoms with Gasteiger partial charge >= 0.3 is 0 Å². The van der Waals surface area contributed by atoms with Crippen molar-refractivity contribution >= 4 is 15.9 Å². The maximum Gasteiger partial charge on any atom is 0.123 e. The molecule has 0 aliphatic rings. The van der Waals surface area contributed by atoms with Crippen molar-refractivity contribution in [2.75, 3.05) is 20.7 Å². The molecular formula is C11H17BrN2O. The second kappa shape index (κ2) is 6.10. The Hall–Kier alpha value is -0.580. The Morgan fingerprint density at radius 1 is 1.53 bits per heavy atom. The van der Waals surface area contributed by atoms with E-state index < -0.39 is 0 Å². The van der Waals surface area contributed by atoms with E-state index in [1.54, 1.807) is 7.11 Å². The Morgan fingerprint density at radius 3 is 2.80 bits per heavy atom. The van der Waals surface area contributed by atoms with Gasteiger partial charge in [0.25, 0.3) is 0 Å². The first-order chi connectivity index (χ1) is 7.22. The van der Waals surface area contributed by atoms with E-state index in [9.17, 15) is 0 Å². The summed E-state index contributed by atoms with van der Waals surface area (Å²) >= 11 is 3.46. The van der Waals surface area contributed by atoms with Crippen molar-refractivity contribution in [3.8, 4) is 5.75 Å². The van der Waals surface area contributed by atoms with Crippen LogP contribution in [0, 0.1) is 0 Å². The van der Waals surface area contributed by atoms with Crippen molar-refractivity contribution < 1.29 is 4.74 Å². The highest BCUT2D eigenvalue weighted by molar-refractivity contribution is 9.10. The molecule has 0 aliphatic heterocycles. The minimum atomic E-state index is 0.238. The SMILES string of the molecule is CNC(CCN)c1cc(Br)ccc1OC. The van der Waals surface area contributed by atoms with Gasteiger partial charge in [-0.2, -0.15) is 0 Å². The van der Waals surface area contributed by atoms with Crippen LogP contribution in [0.2, 0.25) is 0 Å². The maximum atomic E-state index is 5.58. The number of hydrogen-bond donors (Lipinski definition) is 2. The van der Waals surface area contributed by atoms with Gasteiger partial charge in [0, 0.05) is 16.1 Å². The molecule has 0 aromatic heterocycles. The summed E-state index contributed by atoms with van der Waals surface area (Å²) in [5, 5.41) is 3.24. The Morgan fingerprint density at radius 2 is 2.27 bits per heavy atom. The molecule has 1 atom stereocenters. The molecule has 0 amide bonds. The lowest BCUT2D eigenvalue weighted by molar-refractivity contribution is 0.399. The summed E-state index contributed by atoms with van der Waals surface area (Å²) < 4.78 is 6.38. The van der Waals surface area contributed by atoms with E-state index in [-0.39, 0.29) is 6.04 Å². The molecule has 1 rings (SSSR count). The van der Waals surface area contributed by atoms with Gasteiger partial charge in [-0.3, -0.25) is 0 Å². The van der Waals surface area contributed by atoms with Crippen LogP contribution >= 0.6 is 15.9 Å². The highest BCUT2D eigenvalue weighted by atomic mass is 79.9. The lowest BCUT2D eigenvalue weighted by atomic mass is 10.0. The molecule has 0 fully saturated rings. The molecule has 0 aliphatic carbocycles. The summed E-state index contributed by atoms with van der Waals surface area (Å²) in [5.74, 6) is 0.894. The molecule has 1 aromatic carbocycles. The van der Waals surface area contributed by atoms with Gasteiger partial charge in [0.2, 0.25) is 0 Å². The smallest absolute Gasteiger partial charge is 0.123 e. The summed E-state index contributed by atoms with van der Waals surface area (Å²) in [6, 6.07) is 6.23. The second-order valence-electron chi connectivity index (χ2n) is 3.30. The van der Waals surface area contributed by atoms with Crippen molar-refractivity contribution in [3.05, 3.63) is 28.2 Å². The fraction of sp³-hybridized carbons (Fsp3) is 0.455. The molecule has 1 aromatic rings.